The SMILES string of the molecule is O=C(O)c1nc(N/N=C/c2ccccc2)sc1Br. The Hall–Kier alpha value is -1.73. The molecule has 0 fully saturated rings. The van der Waals surface area contributed by atoms with Crippen LogP contribution in [0.15, 0.2) is 39.2 Å². The van der Waals surface area contributed by atoms with E-state index in [1.54, 1.807) is 6.21 Å². The number of halogens is 1. The summed E-state index contributed by atoms with van der Waals surface area (Å²) in [5.74, 6) is -1.07. The maximum absolute atomic E-state index is 10.8. The lowest BCUT2D eigenvalue weighted by atomic mass is 10.2. The third kappa shape index (κ3) is 3.14. The van der Waals surface area contributed by atoms with Gasteiger partial charge in [0.15, 0.2) is 5.69 Å². The van der Waals surface area contributed by atoms with Gasteiger partial charge in [-0.2, -0.15) is 5.10 Å². The van der Waals surface area contributed by atoms with Crippen LogP contribution in [0.2, 0.25) is 0 Å². The number of hydrazone groups is 1. The number of nitrogens with zero attached hydrogens (tertiary/aromatic N) is 2. The summed E-state index contributed by atoms with van der Waals surface area (Å²) in [4.78, 5) is 14.7. The van der Waals surface area contributed by atoms with Crippen LogP contribution < -0.4 is 5.43 Å². The van der Waals surface area contributed by atoms with Crippen LogP contribution in [0.1, 0.15) is 16.1 Å². The van der Waals surface area contributed by atoms with Gasteiger partial charge in [-0.05, 0) is 21.5 Å². The van der Waals surface area contributed by atoms with Crippen LogP contribution in [-0.2, 0) is 0 Å². The van der Waals surface area contributed by atoms with E-state index in [1.807, 2.05) is 30.3 Å². The van der Waals surface area contributed by atoms with E-state index in [-0.39, 0.29) is 5.69 Å². The van der Waals surface area contributed by atoms with Gasteiger partial charge in [-0.15, -0.1) is 0 Å². The van der Waals surface area contributed by atoms with Gasteiger partial charge in [-0.3, -0.25) is 5.43 Å². The molecule has 0 aliphatic carbocycles. The minimum Gasteiger partial charge on any atom is -0.476 e. The molecule has 2 rings (SSSR count). The Labute approximate surface area is 115 Å². The second kappa shape index (κ2) is 5.74. The predicted octanol–water partition coefficient (Wildman–Crippen LogP) is 3.05. The zero-order chi connectivity index (χ0) is 13.0. The van der Waals surface area contributed by atoms with Crippen molar-refractivity contribution in [1.29, 1.82) is 0 Å². The second-order valence-corrected chi connectivity index (χ2v) is 5.54. The molecule has 0 spiro atoms. The molecular weight excluding hydrogens is 318 g/mol. The predicted molar refractivity (Wildman–Crippen MR) is 74.4 cm³/mol. The second-order valence-electron chi connectivity index (χ2n) is 3.23. The van der Waals surface area contributed by atoms with Crippen molar-refractivity contribution in [3.63, 3.8) is 0 Å². The molecule has 0 aliphatic rings. The highest BCUT2D eigenvalue weighted by molar-refractivity contribution is 9.11. The molecule has 0 bridgehead atoms. The topological polar surface area (TPSA) is 74.6 Å². The summed E-state index contributed by atoms with van der Waals surface area (Å²) < 4.78 is 0.465. The van der Waals surface area contributed by atoms with Gasteiger partial charge in [-0.1, -0.05) is 41.7 Å². The largest absolute Gasteiger partial charge is 0.476 e. The summed E-state index contributed by atoms with van der Waals surface area (Å²) in [6, 6.07) is 9.55. The van der Waals surface area contributed by atoms with Crippen LogP contribution >= 0.6 is 27.3 Å². The Kier molecular flexibility index (Phi) is 4.06. The first-order chi connectivity index (χ1) is 8.66. The normalized spacial score (nSPS) is 10.7. The number of carbonyl (C=O) groups is 1. The standard InChI is InChI=1S/C11H8BrN3O2S/c12-9-8(10(16)17)14-11(18-9)15-13-6-7-4-2-1-3-5-7/h1-6H,(H,14,15)(H,16,17)/b13-6+. The molecule has 18 heavy (non-hydrogen) atoms. The molecule has 0 amide bonds. The molecule has 2 aromatic rings. The quantitative estimate of drug-likeness (QED) is 0.669. The third-order valence-electron chi connectivity index (χ3n) is 1.96. The van der Waals surface area contributed by atoms with E-state index in [0.29, 0.717) is 8.92 Å². The Balaban J connectivity index is 2.05. The van der Waals surface area contributed by atoms with Crippen molar-refractivity contribution in [2.45, 2.75) is 0 Å². The van der Waals surface area contributed by atoms with Crippen LogP contribution in [0.4, 0.5) is 5.13 Å². The van der Waals surface area contributed by atoms with Crippen molar-refractivity contribution in [2.24, 2.45) is 5.10 Å². The van der Waals surface area contributed by atoms with Crippen molar-refractivity contribution in [1.82, 2.24) is 4.98 Å². The first-order valence-electron chi connectivity index (χ1n) is 4.90. The van der Waals surface area contributed by atoms with Gasteiger partial charge >= 0.3 is 5.97 Å². The number of rotatable bonds is 4. The Morgan fingerprint density at radius 1 is 1.44 bits per heavy atom. The summed E-state index contributed by atoms with van der Waals surface area (Å²) >= 11 is 4.32. The van der Waals surface area contributed by atoms with Crippen LogP contribution in [-0.4, -0.2) is 22.3 Å². The van der Waals surface area contributed by atoms with Crippen molar-refractivity contribution >= 4 is 44.6 Å². The molecule has 0 saturated carbocycles. The molecule has 0 radical (unpaired) electrons. The minimum atomic E-state index is -1.07. The van der Waals surface area contributed by atoms with Gasteiger partial charge in [0.2, 0.25) is 5.13 Å². The lowest BCUT2D eigenvalue weighted by molar-refractivity contribution is 0.0690. The smallest absolute Gasteiger partial charge is 0.356 e. The Bertz CT molecular complexity index is 583. The first-order valence-corrected chi connectivity index (χ1v) is 6.51. The molecule has 1 heterocycles. The maximum atomic E-state index is 10.8. The molecule has 1 aromatic carbocycles. The van der Waals surface area contributed by atoms with Gasteiger partial charge in [0, 0.05) is 0 Å². The maximum Gasteiger partial charge on any atom is 0.356 e. The molecule has 7 heteroatoms. The van der Waals surface area contributed by atoms with Gasteiger partial charge in [0.1, 0.15) is 3.79 Å². The number of aromatic carboxylic acids is 1. The number of carboxylic acid groups (broad SMARTS) is 1. The average Bonchev–Trinajstić information content (AvgIpc) is 2.72. The van der Waals surface area contributed by atoms with Crippen molar-refractivity contribution in [3.8, 4) is 0 Å². The summed E-state index contributed by atoms with van der Waals surface area (Å²) in [6.45, 7) is 0. The zero-order valence-corrected chi connectivity index (χ0v) is 11.4. The molecular formula is C11H8BrN3O2S. The van der Waals surface area contributed by atoms with Crippen molar-refractivity contribution in [3.05, 3.63) is 45.4 Å². The monoisotopic (exact) mass is 325 g/mol. The van der Waals surface area contributed by atoms with E-state index in [9.17, 15) is 4.79 Å². The number of thiazole rings is 1. The molecule has 0 saturated heterocycles. The highest BCUT2D eigenvalue weighted by Crippen LogP contribution is 2.28. The molecule has 0 aliphatic heterocycles. The van der Waals surface area contributed by atoms with E-state index in [0.717, 1.165) is 5.56 Å². The number of hydrogen-bond donors (Lipinski definition) is 2. The minimum absolute atomic E-state index is 0.0163. The number of hydrogen-bond acceptors (Lipinski definition) is 5. The summed E-state index contributed by atoms with van der Waals surface area (Å²) in [5.41, 5.74) is 3.62. The molecule has 0 atom stereocenters. The van der Waals surface area contributed by atoms with Gasteiger partial charge < -0.3 is 5.11 Å². The zero-order valence-electron chi connectivity index (χ0n) is 9.00. The molecule has 0 unspecified atom stereocenters. The number of aromatic nitrogens is 1. The fourth-order valence-corrected chi connectivity index (χ4v) is 2.54. The molecule has 92 valence electrons. The molecule has 5 nitrogen and oxygen atoms in total. The van der Waals surface area contributed by atoms with Gasteiger partial charge in [0.05, 0.1) is 6.21 Å². The van der Waals surface area contributed by atoms with E-state index in [2.05, 4.69) is 31.4 Å². The number of benzene rings is 1. The van der Waals surface area contributed by atoms with E-state index < -0.39 is 5.97 Å². The third-order valence-corrected chi connectivity index (χ3v) is 3.57. The van der Waals surface area contributed by atoms with Crippen LogP contribution in [0, 0.1) is 0 Å². The lowest BCUT2D eigenvalue weighted by Crippen LogP contribution is -1.98. The highest BCUT2D eigenvalue weighted by Gasteiger charge is 2.14. The Morgan fingerprint density at radius 2 is 2.17 bits per heavy atom. The van der Waals surface area contributed by atoms with Crippen LogP contribution in [0.5, 0.6) is 0 Å². The van der Waals surface area contributed by atoms with Crippen LogP contribution in [0.25, 0.3) is 0 Å². The lowest BCUT2D eigenvalue weighted by Gasteiger charge is -1.93. The van der Waals surface area contributed by atoms with Crippen LogP contribution in [0.3, 0.4) is 0 Å². The highest BCUT2D eigenvalue weighted by atomic mass is 79.9. The number of nitrogens with one attached hydrogen (secondary N) is 1. The molecule has 1 aromatic heterocycles. The average molecular weight is 326 g/mol. The number of anilines is 1. The number of carboxylic acids is 1. The fraction of sp³-hybridized carbons (Fsp3) is 0. The van der Waals surface area contributed by atoms with E-state index >= 15 is 0 Å². The summed E-state index contributed by atoms with van der Waals surface area (Å²) in [5, 5.41) is 13.2. The van der Waals surface area contributed by atoms with Gasteiger partial charge in [-0.25, -0.2) is 9.78 Å². The van der Waals surface area contributed by atoms with Crippen molar-refractivity contribution in [2.75, 3.05) is 5.43 Å². The Morgan fingerprint density at radius 3 is 2.78 bits per heavy atom. The van der Waals surface area contributed by atoms with Crippen molar-refractivity contribution < 1.29 is 9.90 Å². The van der Waals surface area contributed by atoms with E-state index in [4.69, 9.17) is 5.11 Å². The fourth-order valence-electron chi connectivity index (χ4n) is 1.18. The molecule has 2 N–H and O–H groups in total. The first kappa shape index (κ1) is 12.7. The van der Waals surface area contributed by atoms with Gasteiger partial charge in [0.25, 0.3) is 0 Å². The van der Waals surface area contributed by atoms with E-state index in [1.165, 1.54) is 11.3 Å². The summed E-state index contributed by atoms with van der Waals surface area (Å²) in [7, 11) is 0. The summed E-state index contributed by atoms with van der Waals surface area (Å²) in [6.07, 6.45) is 1.63.